The number of aliphatic carboxylic acids is 4. The topological polar surface area (TPSA) is 182 Å². The van der Waals surface area contributed by atoms with Gasteiger partial charge in [-0.15, -0.1) is 0 Å². The van der Waals surface area contributed by atoms with Gasteiger partial charge in [-0.05, 0) is 49.2 Å². The molecule has 264 valence electrons. The highest BCUT2D eigenvalue weighted by atomic mass is 19.4. The van der Waals surface area contributed by atoms with E-state index in [1.165, 1.54) is 5.56 Å². The first-order valence-corrected chi connectivity index (χ1v) is 13.0. The maximum absolute atomic E-state index is 12.2. The number of nitrogens with zero attached hydrogens (tertiary/aromatic N) is 3. The van der Waals surface area contributed by atoms with Crippen molar-refractivity contribution in [2.24, 2.45) is 11.3 Å². The number of alkyl halides is 9. The Balaban J connectivity index is 0.000000430. The molecule has 4 N–H and O–H groups in total. The molecule has 0 aliphatic carbocycles. The van der Waals surface area contributed by atoms with Gasteiger partial charge in [-0.1, -0.05) is 0 Å². The molecule has 2 aromatic heterocycles. The molecule has 47 heavy (non-hydrogen) atoms. The molecule has 0 amide bonds. The lowest BCUT2D eigenvalue weighted by Crippen LogP contribution is -2.41. The van der Waals surface area contributed by atoms with Crippen molar-refractivity contribution in [2.45, 2.75) is 44.5 Å². The van der Waals surface area contributed by atoms with Crippen LogP contribution in [0.2, 0.25) is 0 Å². The monoisotopic (exact) mass is 697 g/mol. The molecule has 4 heterocycles. The van der Waals surface area contributed by atoms with Crippen LogP contribution in [0.3, 0.4) is 0 Å². The van der Waals surface area contributed by atoms with Gasteiger partial charge in [-0.3, -0.25) is 19.6 Å². The van der Waals surface area contributed by atoms with Gasteiger partial charge in [0.2, 0.25) is 0 Å². The van der Waals surface area contributed by atoms with Crippen LogP contribution >= 0.6 is 0 Å². The van der Waals surface area contributed by atoms with Gasteiger partial charge in [0.05, 0.1) is 18.2 Å². The van der Waals surface area contributed by atoms with Gasteiger partial charge in [0.15, 0.2) is 0 Å². The van der Waals surface area contributed by atoms with Crippen LogP contribution in [0.5, 0.6) is 0 Å². The van der Waals surface area contributed by atoms with E-state index in [2.05, 4.69) is 14.8 Å². The highest BCUT2D eigenvalue weighted by molar-refractivity contribution is 5.76. The third-order valence-electron chi connectivity index (χ3n) is 6.61. The van der Waals surface area contributed by atoms with Crippen LogP contribution in [0.25, 0.3) is 0 Å². The van der Waals surface area contributed by atoms with Crippen molar-refractivity contribution in [2.75, 3.05) is 26.2 Å². The second kappa shape index (κ2) is 17.0. The number of halogens is 9. The first-order chi connectivity index (χ1) is 21.5. The largest absolute Gasteiger partial charge is 0.490 e. The number of carbonyl (C=O) groups is 4. The summed E-state index contributed by atoms with van der Waals surface area (Å²) in [6.07, 6.45) is -8.28. The fourth-order valence-electron chi connectivity index (χ4n) is 4.60. The summed E-state index contributed by atoms with van der Waals surface area (Å²) in [6, 6.07) is 7.91. The number of carboxylic acids is 4. The number of hydrogen-bond donors (Lipinski definition) is 4. The van der Waals surface area contributed by atoms with Crippen LogP contribution in [-0.2, 0) is 32.3 Å². The quantitative estimate of drug-likeness (QED) is 0.325. The van der Waals surface area contributed by atoms with Gasteiger partial charge in [-0.2, -0.15) is 39.5 Å². The summed E-state index contributed by atoms with van der Waals surface area (Å²) >= 11 is 0. The summed E-state index contributed by atoms with van der Waals surface area (Å²) in [5, 5.41) is 31.4. The fraction of sp³-hybridized carbons (Fsp3) is 0.500. The van der Waals surface area contributed by atoms with Crippen molar-refractivity contribution in [3.8, 4) is 0 Å². The Hall–Kier alpha value is -4.40. The summed E-state index contributed by atoms with van der Waals surface area (Å²) < 4.78 is 101. The number of pyridine rings is 1. The number of carboxylic acid groups (broad SMARTS) is 4. The molecule has 2 aliphatic heterocycles. The molecule has 4 rings (SSSR count). The predicted molar refractivity (Wildman–Crippen MR) is 137 cm³/mol. The van der Waals surface area contributed by atoms with Crippen molar-refractivity contribution >= 4 is 23.9 Å². The van der Waals surface area contributed by atoms with E-state index in [4.69, 9.17) is 34.1 Å². The van der Waals surface area contributed by atoms with Crippen LogP contribution in [0.1, 0.15) is 24.2 Å². The predicted octanol–water partition coefficient (Wildman–Crippen LogP) is 4.37. The van der Waals surface area contributed by atoms with E-state index in [0.717, 1.165) is 44.8 Å². The Morgan fingerprint density at radius 3 is 1.66 bits per heavy atom. The van der Waals surface area contributed by atoms with Gasteiger partial charge >= 0.3 is 42.4 Å². The molecule has 0 bridgehead atoms. The van der Waals surface area contributed by atoms with Crippen molar-refractivity contribution < 1.29 is 83.5 Å². The van der Waals surface area contributed by atoms with Crippen molar-refractivity contribution in [3.05, 3.63) is 54.2 Å². The van der Waals surface area contributed by atoms with Crippen LogP contribution in [0.15, 0.2) is 47.3 Å². The molecule has 0 spiro atoms. The summed E-state index contributed by atoms with van der Waals surface area (Å²) in [6.45, 7) is 4.72. The summed E-state index contributed by atoms with van der Waals surface area (Å²) in [4.78, 5) is 47.7. The molecule has 2 aliphatic rings. The lowest BCUT2D eigenvalue weighted by atomic mass is 9.75. The van der Waals surface area contributed by atoms with Gasteiger partial charge in [0, 0.05) is 44.5 Å². The van der Waals surface area contributed by atoms with Gasteiger partial charge < -0.3 is 24.8 Å². The smallest absolute Gasteiger partial charge is 0.481 e. The number of rotatable bonds is 5. The van der Waals surface area contributed by atoms with Crippen LogP contribution in [-0.4, -0.2) is 104 Å². The fourth-order valence-corrected chi connectivity index (χ4v) is 4.60. The lowest BCUT2D eigenvalue weighted by molar-refractivity contribution is -0.193. The standard InChI is InChI=1S/C20H25N3O3.3C2HF3O2/c24-19(25)20-6-2-9-22(11-16-4-7-21-8-5-16)12-17(20)13-23(15-20)14-18-3-1-10-26-18;3*3-2(4,5)1(6)7/h1,3-5,7-8,10,17H,2,6,9,11-15H2,(H,24,25);3*(H,6,7)/t17-,20-;;;/m0.../s1. The molecule has 21 heteroatoms. The van der Waals surface area contributed by atoms with Gasteiger partial charge in [-0.25, -0.2) is 14.4 Å². The molecular formula is C26H28F9N3O9. The van der Waals surface area contributed by atoms with E-state index in [1.807, 2.05) is 36.7 Å². The zero-order valence-corrected chi connectivity index (χ0v) is 23.8. The molecule has 2 atom stereocenters. The van der Waals surface area contributed by atoms with Crippen LogP contribution < -0.4 is 0 Å². The molecule has 0 radical (unpaired) electrons. The van der Waals surface area contributed by atoms with E-state index in [9.17, 15) is 49.4 Å². The highest BCUT2D eigenvalue weighted by Gasteiger charge is 2.53. The second-order valence-corrected chi connectivity index (χ2v) is 10.0. The SMILES string of the molecule is O=C(O)C(F)(F)F.O=C(O)C(F)(F)F.O=C(O)C(F)(F)F.O=C(O)[C@]12CCCN(Cc3ccncc3)C[C@H]1CN(Cc1ccco1)C2. The molecule has 12 nitrogen and oxygen atoms in total. The Bertz CT molecular complexity index is 1250. The summed E-state index contributed by atoms with van der Waals surface area (Å²) in [5.74, 6) is -7.88. The number of aromatic nitrogens is 1. The van der Waals surface area contributed by atoms with Crippen molar-refractivity contribution in [1.82, 2.24) is 14.8 Å². The summed E-state index contributed by atoms with van der Waals surface area (Å²) in [5.41, 5.74) is 0.591. The zero-order valence-electron chi connectivity index (χ0n) is 23.8. The third kappa shape index (κ3) is 13.9. The third-order valence-corrected chi connectivity index (χ3v) is 6.61. The number of furan rings is 1. The minimum absolute atomic E-state index is 0.138. The normalized spacial score (nSPS) is 20.1. The maximum atomic E-state index is 12.2. The molecule has 0 aromatic carbocycles. The van der Waals surface area contributed by atoms with E-state index in [1.54, 1.807) is 6.26 Å². The Labute approximate surface area is 259 Å². The Kier molecular flexibility index (Phi) is 14.7. The minimum Gasteiger partial charge on any atom is -0.481 e. The number of fused-ring (bicyclic) bond motifs is 1. The molecule has 0 saturated carbocycles. The first kappa shape index (κ1) is 40.6. The lowest BCUT2D eigenvalue weighted by Gasteiger charge is -2.29. The Morgan fingerprint density at radius 1 is 0.787 bits per heavy atom. The van der Waals surface area contributed by atoms with Crippen molar-refractivity contribution in [3.63, 3.8) is 0 Å². The van der Waals surface area contributed by atoms with Crippen LogP contribution in [0, 0.1) is 11.3 Å². The maximum Gasteiger partial charge on any atom is 0.490 e. The van der Waals surface area contributed by atoms with E-state index in [0.29, 0.717) is 13.1 Å². The highest BCUT2D eigenvalue weighted by Crippen LogP contribution is 2.43. The summed E-state index contributed by atoms with van der Waals surface area (Å²) in [7, 11) is 0. The molecule has 2 fully saturated rings. The first-order valence-electron chi connectivity index (χ1n) is 13.0. The van der Waals surface area contributed by atoms with E-state index >= 15 is 0 Å². The Morgan fingerprint density at radius 2 is 1.26 bits per heavy atom. The van der Waals surface area contributed by atoms with Gasteiger partial charge in [0.25, 0.3) is 0 Å². The zero-order chi connectivity index (χ0) is 36.2. The second-order valence-electron chi connectivity index (χ2n) is 10.0. The number of hydrogen-bond acceptors (Lipinski definition) is 8. The number of likely N-dealkylation sites (tertiary alicyclic amines) is 2. The molecule has 0 unspecified atom stereocenters. The van der Waals surface area contributed by atoms with E-state index < -0.39 is 47.8 Å². The van der Waals surface area contributed by atoms with Crippen molar-refractivity contribution in [1.29, 1.82) is 0 Å². The average Bonchev–Trinajstić information content (AvgIpc) is 3.53. The van der Waals surface area contributed by atoms with Gasteiger partial charge in [0.1, 0.15) is 5.76 Å². The minimum atomic E-state index is -5.08. The van der Waals surface area contributed by atoms with E-state index in [-0.39, 0.29) is 5.92 Å². The van der Waals surface area contributed by atoms with Crippen LogP contribution in [0.4, 0.5) is 39.5 Å². The molecule has 2 saturated heterocycles. The molecule has 2 aromatic rings. The molecular weight excluding hydrogens is 669 g/mol. The average molecular weight is 698 g/mol.